The van der Waals surface area contributed by atoms with Crippen molar-refractivity contribution in [1.82, 2.24) is 4.98 Å². The van der Waals surface area contributed by atoms with Crippen LogP contribution in [0, 0.1) is 0 Å². The highest BCUT2D eigenvalue weighted by Gasteiger charge is 2.25. The van der Waals surface area contributed by atoms with E-state index in [0.717, 1.165) is 43.7 Å². The van der Waals surface area contributed by atoms with E-state index in [1.54, 1.807) is 0 Å². The number of aliphatic hydroxyl groups is 1. The Bertz CT molecular complexity index is 387. The number of nitrogens with zero attached hydrogens (tertiary/aromatic N) is 2. The second-order valence-electron chi connectivity index (χ2n) is 5.58. The van der Waals surface area contributed by atoms with Crippen molar-refractivity contribution in [2.24, 2.45) is 5.73 Å². The first-order valence-electron chi connectivity index (χ1n) is 6.67. The van der Waals surface area contributed by atoms with Gasteiger partial charge in [-0.1, -0.05) is 6.07 Å². The summed E-state index contributed by atoms with van der Waals surface area (Å²) in [7, 11) is 0. The molecular weight excluding hydrogens is 226 g/mol. The van der Waals surface area contributed by atoms with Gasteiger partial charge in [0, 0.05) is 25.3 Å². The number of pyridine rings is 1. The molecule has 0 amide bonds. The molecule has 3 N–H and O–H groups in total. The molecule has 0 radical (unpaired) electrons. The van der Waals surface area contributed by atoms with Gasteiger partial charge in [0.15, 0.2) is 0 Å². The van der Waals surface area contributed by atoms with Crippen molar-refractivity contribution >= 4 is 5.82 Å². The van der Waals surface area contributed by atoms with Crippen LogP contribution in [0.4, 0.5) is 5.82 Å². The maximum Gasteiger partial charge on any atom is 0.128 e. The molecule has 2 atom stereocenters. The fourth-order valence-corrected chi connectivity index (χ4v) is 2.35. The molecule has 4 heteroatoms. The van der Waals surface area contributed by atoms with E-state index in [1.165, 1.54) is 0 Å². The molecule has 100 valence electrons. The third-order valence-corrected chi connectivity index (χ3v) is 3.68. The molecule has 1 aliphatic heterocycles. The number of nitrogens with two attached hydrogens (primary N) is 1. The summed E-state index contributed by atoms with van der Waals surface area (Å²) in [5.74, 6) is 0.983. The van der Waals surface area contributed by atoms with E-state index >= 15 is 0 Å². The lowest BCUT2D eigenvalue weighted by molar-refractivity contribution is 0.0481. The van der Waals surface area contributed by atoms with E-state index in [4.69, 9.17) is 5.73 Å². The second kappa shape index (κ2) is 5.24. The molecule has 0 bridgehead atoms. The van der Waals surface area contributed by atoms with Crippen LogP contribution in [0.3, 0.4) is 0 Å². The van der Waals surface area contributed by atoms with Crippen LogP contribution in [0.15, 0.2) is 18.3 Å². The summed E-state index contributed by atoms with van der Waals surface area (Å²) in [6.45, 7) is 5.70. The van der Waals surface area contributed by atoms with Gasteiger partial charge in [-0.05, 0) is 44.7 Å². The molecule has 1 aromatic rings. The van der Waals surface area contributed by atoms with Gasteiger partial charge >= 0.3 is 0 Å². The lowest BCUT2D eigenvalue weighted by Crippen LogP contribution is -2.28. The highest BCUT2D eigenvalue weighted by molar-refractivity contribution is 5.40. The van der Waals surface area contributed by atoms with E-state index < -0.39 is 5.60 Å². The number of anilines is 1. The molecule has 0 aliphatic carbocycles. The average Bonchev–Trinajstić information content (AvgIpc) is 2.50. The average molecular weight is 249 g/mol. The molecule has 1 fully saturated rings. The van der Waals surface area contributed by atoms with E-state index in [-0.39, 0.29) is 6.04 Å². The van der Waals surface area contributed by atoms with Gasteiger partial charge in [0.2, 0.25) is 0 Å². The molecule has 18 heavy (non-hydrogen) atoms. The van der Waals surface area contributed by atoms with Crippen molar-refractivity contribution in [3.8, 4) is 0 Å². The largest absolute Gasteiger partial charge is 0.390 e. The molecule has 1 unspecified atom stereocenters. The first-order valence-corrected chi connectivity index (χ1v) is 6.67. The Labute approximate surface area is 109 Å². The molecule has 0 saturated carbocycles. The fourth-order valence-electron chi connectivity index (χ4n) is 2.35. The monoisotopic (exact) mass is 249 g/mol. The maximum absolute atomic E-state index is 10.1. The molecule has 1 aliphatic rings. The summed E-state index contributed by atoms with van der Waals surface area (Å²) in [5, 5.41) is 10.1. The van der Waals surface area contributed by atoms with Gasteiger partial charge in [-0.3, -0.25) is 0 Å². The van der Waals surface area contributed by atoms with Crippen LogP contribution in [0.5, 0.6) is 0 Å². The van der Waals surface area contributed by atoms with Crippen LogP contribution in [0.25, 0.3) is 0 Å². The van der Waals surface area contributed by atoms with Gasteiger partial charge in [-0.15, -0.1) is 0 Å². The van der Waals surface area contributed by atoms with Crippen LogP contribution in [-0.2, 0) is 0 Å². The maximum atomic E-state index is 10.1. The zero-order valence-electron chi connectivity index (χ0n) is 11.3. The first-order chi connectivity index (χ1) is 8.48. The minimum Gasteiger partial charge on any atom is -0.390 e. The van der Waals surface area contributed by atoms with Gasteiger partial charge in [0.25, 0.3) is 0 Å². The summed E-state index contributed by atoms with van der Waals surface area (Å²) in [4.78, 5) is 6.72. The molecule has 0 aromatic carbocycles. The van der Waals surface area contributed by atoms with Crippen molar-refractivity contribution in [3.63, 3.8) is 0 Å². The summed E-state index contributed by atoms with van der Waals surface area (Å²) >= 11 is 0. The Morgan fingerprint density at radius 2 is 2.17 bits per heavy atom. The Balaban J connectivity index is 2.07. The Morgan fingerprint density at radius 3 is 2.78 bits per heavy atom. The SMILES string of the molecule is C[C@H](N)c1ccc(N2CCCC(C)(O)CC2)nc1. The summed E-state index contributed by atoms with van der Waals surface area (Å²) in [6.07, 6.45) is 4.51. The second-order valence-corrected chi connectivity index (χ2v) is 5.58. The van der Waals surface area contributed by atoms with E-state index in [0.29, 0.717) is 0 Å². The predicted molar refractivity (Wildman–Crippen MR) is 73.5 cm³/mol. The Hall–Kier alpha value is -1.13. The van der Waals surface area contributed by atoms with Crippen molar-refractivity contribution in [2.75, 3.05) is 18.0 Å². The number of aromatic nitrogens is 1. The molecule has 2 heterocycles. The third-order valence-electron chi connectivity index (χ3n) is 3.68. The summed E-state index contributed by atoms with van der Waals surface area (Å²) in [5.41, 5.74) is 6.34. The first kappa shape index (κ1) is 13.3. The van der Waals surface area contributed by atoms with Crippen LogP contribution >= 0.6 is 0 Å². The van der Waals surface area contributed by atoms with Gasteiger partial charge in [0.1, 0.15) is 5.82 Å². The molecule has 0 spiro atoms. The van der Waals surface area contributed by atoms with Gasteiger partial charge in [0.05, 0.1) is 5.60 Å². The lowest BCUT2D eigenvalue weighted by atomic mass is 9.98. The minimum atomic E-state index is -0.527. The minimum absolute atomic E-state index is 0.0245. The number of rotatable bonds is 2. The zero-order valence-corrected chi connectivity index (χ0v) is 11.3. The van der Waals surface area contributed by atoms with Crippen LogP contribution in [0.2, 0.25) is 0 Å². The standard InChI is InChI=1S/C14H23N3O/c1-11(15)12-4-5-13(16-10-12)17-8-3-6-14(2,18)7-9-17/h4-5,10-11,18H,3,6-9,15H2,1-2H3/t11-,14?/m0/s1. The van der Waals surface area contributed by atoms with Crippen LogP contribution in [0.1, 0.15) is 44.7 Å². The van der Waals surface area contributed by atoms with Crippen molar-refractivity contribution in [1.29, 1.82) is 0 Å². The normalized spacial score (nSPS) is 26.8. The molecular formula is C14H23N3O. The number of hydrogen-bond donors (Lipinski definition) is 2. The molecule has 4 nitrogen and oxygen atoms in total. The smallest absolute Gasteiger partial charge is 0.128 e. The van der Waals surface area contributed by atoms with E-state index in [2.05, 4.69) is 9.88 Å². The summed E-state index contributed by atoms with van der Waals surface area (Å²) < 4.78 is 0. The van der Waals surface area contributed by atoms with Crippen molar-refractivity contribution < 1.29 is 5.11 Å². The third kappa shape index (κ3) is 3.21. The molecule has 1 saturated heterocycles. The van der Waals surface area contributed by atoms with Gasteiger partial charge in [-0.2, -0.15) is 0 Å². The van der Waals surface area contributed by atoms with Crippen molar-refractivity contribution in [3.05, 3.63) is 23.9 Å². The highest BCUT2D eigenvalue weighted by atomic mass is 16.3. The lowest BCUT2D eigenvalue weighted by Gasteiger charge is -2.23. The Morgan fingerprint density at radius 1 is 1.39 bits per heavy atom. The Kier molecular flexibility index (Phi) is 3.88. The predicted octanol–water partition coefficient (Wildman–Crippen LogP) is 1.84. The molecule has 2 rings (SSSR count). The topological polar surface area (TPSA) is 62.4 Å². The van der Waals surface area contributed by atoms with Gasteiger partial charge in [-0.25, -0.2) is 4.98 Å². The highest BCUT2D eigenvalue weighted by Crippen LogP contribution is 2.24. The fraction of sp³-hybridized carbons (Fsp3) is 0.643. The van der Waals surface area contributed by atoms with Gasteiger partial charge < -0.3 is 15.7 Å². The number of hydrogen-bond acceptors (Lipinski definition) is 4. The van der Waals surface area contributed by atoms with E-state index in [1.807, 2.05) is 32.2 Å². The molecule has 1 aromatic heterocycles. The zero-order chi connectivity index (χ0) is 13.2. The van der Waals surface area contributed by atoms with Crippen LogP contribution in [-0.4, -0.2) is 28.8 Å². The quantitative estimate of drug-likeness (QED) is 0.839. The van der Waals surface area contributed by atoms with Crippen molar-refractivity contribution in [2.45, 2.75) is 44.8 Å². The summed E-state index contributed by atoms with van der Waals surface area (Å²) in [6, 6.07) is 4.09. The van der Waals surface area contributed by atoms with Crippen LogP contribution < -0.4 is 10.6 Å². The van der Waals surface area contributed by atoms with E-state index in [9.17, 15) is 5.11 Å².